The highest BCUT2D eigenvalue weighted by atomic mass is 32.2. The van der Waals surface area contributed by atoms with Gasteiger partial charge in [-0.15, -0.1) is 10.2 Å². The Morgan fingerprint density at radius 3 is 2.54 bits per heavy atom. The van der Waals surface area contributed by atoms with Gasteiger partial charge in [-0.05, 0) is 30.7 Å². The molecule has 144 valence electrons. The van der Waals surface area contributed by atoms with Crippen LogP contribution in [0.15, 0.2) is 74.6 Å². The van der Waals surface area contributed by atoms with Crippen LogP contribution in [0.1, 0.15) is 5.56 Å². The summed E-state index contributed by atoms with van der Waals surface area (Å²) in [6.45, 7) is 1.94. The van der Waals surface area contributed by atoms with E-state index in [-0.39, 0.29) is 10.6 Å². The van der Waals surface area contributed by atoms with Crippen molar-refractivity contribution in [2.75, 3.05) is 5.75 Å². The summed E-state index contributed by atoms with van der Waals surface area (Å²) in [4.78, 5) is 10.0. The van der Waals surface area contributed by atoms with Gasteiger partial charge in [0.1, 0.15) is 0 Å². The molecule has 0 unspecified atom stereocenters. The van der Waals surface area contributed by atoms with Crippen LogP contribution in [-0.2, 0) is 9.84 Å². The van der Waals surface area contributed by atoms with Crippen molar-refractivity contribution in [1.29, 1.82) is 0 Å². The molecule has 0 aliphatic heterocycles. The Labute approximate surface area is 165 Å². The monoisotopic (exact) mass is 417 g/mol. The number of sulfone groups is 1. The number of benzene rings is 2. The van der Waals surface area contributed by atoms with Gasteiger partial charge in [0, 0.05) is 28.9 Å². The average molecular weight is 417 g/mol. The van der Waals surface area contributed by atoms with Crippen LogP contribution < -0.4 is 0 Å². The Morgan fingerprint density at radius 1 is 1.14 bits per heavy atom. The fraction of sp³-hybridized carbons (Fsp3) is 0.111. The molecule has 1 heterocycles. The lowest BCUT2D eigenvalue weighted by Gasteiger charge is -1.99. The number of nitrogens with zero attached hydrogens (tertiary/aromatic N) is 3. The van der Waals surface area contributed by atoms with Crippen LogP contribution >= 0.6 is 11.8 Å². The van der Waals surface area contributed by atoms with Crippen LogP contribution in [0, 0.1) is 17.0 Å². The summed E-state index contributed by atoms with van der Waals surface area (Å²) in [5.74, 6) is 0.713. The number of non-ortho nitro benzene ring substituents is 1. The lowest BCUT2D eigenvalue weighted by Crippen LogP contribution is -1.97. The van der Waals surface area contributed by atoms with Gasteiger partial charge in [-0.25, -0.2) is 8.42 Å². The predicted octanol–water partition coefficient (Wildman–Crippen LogP) is 4.03. The number of aryl methyl sites for hydroxylation is 1. The number of thioether (sulfide) groups is 1. The Morgan fingerprint density at radius 2 is 1.86 bits per heavy atom. The Balaban J connectivity index is 1.62. The van der Waals surface area contributed by atoms with Crippen molar-refractivity contribution < 1.29 is 17.8 Å². The highest BCUT2D eigenvalue weighted by Crippen LogP contribution is 2.25. The van der Waals surface area contributed by atoms with Crippen LogP contribution in [0.5, 0.6) is 0 Å². The second-order valence-corrected chi connectivity index (χ2v) is 8.47. The fourth-order valence-corrected chi connectivity index (χ4v) is 4.03. The molecule has 0 N–H and O–H groups in total. The molecule has 0 atom stereocenters. The minimum atomic E-state index is -3.68. The lowest BCUT2D eigenvalue weighted by atomic mass is 10.1. The van der Waals surface area contributed by atoms with Crippen LogP contribution in [0.4, 0.5) is 5.69 Å². The van der Waals surface area contributed by atoms with Gasteiger partial charge in [0.05, 0.1) is 9.82 Å². The normalized spacial score (nSPS) is 11.8. The quantitative estimate of drug-likeness (QED) is 0.321. The first kappa shape index (κ1) is 19.8. The van der Waals surface area contributed by atoms with E-state index in [1.807, 2.05) is 31.2 Å². The highest BCUT2D eigenvalue weighted by Gasteiger charge is 2.13. The second-order valence-electron chi connectivity index (χ2n) is 5.67. The predicted molar refractivity (Wildman–Crippen MR) is 105 cm³/mol. The molecule has 2 aromatic carbocycles. The third kappa shape index (κ3) is 4.65. The third-order valence-electron chi connectivity index (χ3n) is 3.74. The summed E-state index contributed by atoms with van der Waals surface area (Å²) < 4.78 is 30.1. The molecular formula is C18H15N3O5S2. The summed E-state index contributed by atoms with van der Waals surface area (Å²) in [5, 5.41) is 20.0. The zero-order valence-corrected chi connectivity index (χ0v) is 16.3. The molecule has 28 heavy (non-hydrogen) atoms. The van der Waals surface area contributed by atoms with Crippen molar-refractivity contribution in [3.63, 3.8) is 0 Å². The first-order valence-electron chi connectivity index (χ1n) is 8.05. The number of aromatic nitrogens is 2. The smallest absolute Gasteiger partial charge is 0.277 e. The molecule has 0 aliphatic rings. The van der Waals surface area contributed by atoms with Gasteiger partial charge in [-0.2, -0.15) is 0 Å². The Hall–Kier alpha value is -2.98. The molecule has 3 rings (SSSR count). The van der Waals surface area contributed by atoms with Crippen molar-refractivity contribution >= 4 is 27.3 Å². The van der Waals surface area contributed by atoms with E-state index in [1.165, 1.54) is 30.0 Å². The fourth-order valence-electron chi connectivity index (χ4n) is 2.31. The third-order valence-corrected chi connectivity index (χ3v) is 5.99. The number of nitro groups is 1. The summed E-state index contributed by atoms with van der Waals surface area (Å²) >= 11 is 1.20. The maximum absolute atomic E-state index is 12.2. The van der Waals surface area contributed by atoms with Gasteiger partial charge in [-0.1, -0.05) is 36.0 Å². The molecule has 0 saturated heterocycles. The van der Waals surface area contributed by atoms with Crippen LogP contribution in [-0.4, -0.2) is 29.3 Å². The molecule has 10 heteroatoms. The van der Waals surface area contributed by atoms with E-state index in [1.54, 1.807) is 0 Å². The first-order chi connectivity index (χ1) is 13.4. The maximum Gasteiger partial charge on any atom is 0.277 e. The van der Waals surface area contributed by atoms with E-state index in [0.29, 0.717) is 16.9 Å². The topological polar surface area (TPSA) is 116 Å². The van der Waals surface area contributed by atoms with Gasteiger partial charge in [0.2, 0.25) is 5.89 Å². The molecule has 0 bridgehead atoms. The maximum atomic E-state index is 12.2. The molecule has 0 radical (unpaired) electrons. The van der Waals surface area contributed by atoms with Gasteiger partial charge in [0.15, 0.2) is 9.84 Å². The standard InChI is InChI=1S/C18H15N3O5S2/c1-13-5-2-3-6-16(13)17-19-20-18(26-17)27-11-4-12-28(24,25)15-9-7-14(8-10-15)21(22)23/h2-10,12H,11H2,1H3. The summed E-state index contributed by atoms with van der Waals surface area (Å²) in [6, 6.07) is 12.3. The molecule has 0 aliphatic carbocycles. The summed E-state index contributed by atoms with van der Waals surface area (Å²) in [6.07, 6.45) is 1.46. The lowest BCUT2D eigenvalue weighted by molar-refractivity contribution is -0.384. The molecular weight excluding hydrogens is 402 g/mol. The number of rotatable bonds is 7. The van der Waals surface area contributed by atoms with E-state index < -0.39 is 14.8 Å². The van der Waals surface area contributed by atoms with Crippen molar-refractivity contribution in [2.45, 2.75) is 17.0 Å². The van der Waals surface area contributed by atoms with Gasteiger partial charge >= 0.3 is 0 Å². The van der Waals surface area contributed by atoms with E-state index in [4.69, 9.17) is 4.42 Å². The first-order valence-corrected chi connectivity index (χ1v) is 10.6. The number of nitro benzene ring substituents is 1. The molecule has 0 fully saturated rings. The van der Waals surface area contributed by atoms with Gasteiger partial charge < -0.3 is 4.42 Å². The van der Waals surface area contributed by atoms with Gasteiger partial charge in [0.25, 0.3) is 10.9 Å². The number of hydrogen-bond acceptors (Lipinski definition) is 8. The minimum Gasteiger partial charge on any atom is -0.411 e. The molecule has 0 spiro atoms. The Kier molecular flexibility index (Phi) is 5.90. The Bertz CT molecular complexity index is 1120. The number of hydrogen-bond donors (Lipinski definition) is 0. The van der Waals surface area contributed by atoms with Gasteiger partial charge in [-0.3, -0.25) is 10.1 Å². The van der Waals surface area contributed by atoms with E-state index in [0.717, 1.165) is 28.7 Å². The molecule has 8 nitrogen and oxygen atoms in total. The van der Waals surface area contributed by atoms with Crippen molar-refractivity contribution in [2.24, 2.45) is 0 Å². The second kappa shape index (κ2) is 8.36. The SMILES string of the molecule is Cc1ccccc1-c1nnc(SCC=CS(=O)(=O)c2ccc([N+](=O)[O-])cc2)o1. The van der Waals surface area contributed by atoms with Crippen LogP contribution in [0.25, 0.3) is 11.5 Å². The summed E-state index contributed by atoms with van der Waals surface area (Å²) in [7, 11) is -3.68. The zero-order valence-electron chi connectivity index (χ0n) is 14.7. The van der Waals surface area contributed by atoms with E-state index in [9.17, 15) is 18.5 Å². The van der Waals surface area contributed by atoms with Crippen molar-refractivity contribution in [1.82, 2.24) is 10.2 Å². The van der Waals surface area contributed by atoms with Crippen molar-refractivity contribution in [3.05, 3.63) is 75.7 Å². The van der Waals surface area contributed by atoms with E-state index >= 15 is 0 Å². The van der Waals surface area contributed by atoms with Crippen LogP contribution in [0.2, 0.25) is 0 Å². The molecule has 0 amide bonds. The zero-order chi connectivity index (χ0) is 20.1. The molecule has 3 aromatic rings. The van der Waals surface area contributed by atoms with Crippen LogP contribution in [0.3, 0.4) is 0 Å². The van der Waals surface area contributed by atoms with Crippen molar-refractivity contribution in [3.8, 4) is 11.5 Å². The van der Waals surface area contributed by atoms with E-state index in [2.05, 4.69) is 10.2 Å². The highest BCUT2D eigenvalue weighted by molar-refractivity contribution is 7.99. The molecule has 1 aromatic heterocycles. The minimum absolute atomic E-state index is 0.0148. The largest absolute Gasteiger partial charge is 0.411 e. The average Bonchev–Trinajstić information content (AvgIpc) is 3.14. The summed E-state index contributed by atoms with van der Waals surface area (Å²) in [5.41, 5.74) is 1.69. The molecule has 0 saturated carbocycles.